The van der Waals surface area contributed by atoms with Crippen molar-refractivity contribution in [1.29, 1.82) is 0 Å². The number of likely N-dealkylation sites (tertiary alicyclic amines) is 1. The largest absolute Gasteiger partial charge is 0.505 e. The van der Waals surface area contributed by atoms with Gasteiger partial charge in [0.15, 0.2) is 21.3 Å². The van der Waals surface area contributed by atoms with Crippen molar-refractivity contribution in [3.05, 3.63) is 62.2 Å². The van der Waals surface area contributed by atoms with Gasteiger partial charge < -0.3 is 5.11 Å². The Bertz CT molecular complexity index is 1400. The van der Waals surface area contributed by atoms with E-state index in [0.29, 0.717) is 5.57 Å². The summed E-state index contributed by atoms with van der Waals surface area (Å²) in [5.41, 5.74) is -1.07. The van der Waals surface area contributed by atoms with E-state index in [1.165, 1.54) is 28.5 Å². The Morgan fingerprint density at radius 3 is 2.55 bits per heavy atom. The number of hydrogen-bond acceptors (Lipinski definition) is 5. The van der Waals surface area contributed by atoms with Crippen molar-refractivity contribution < 1.29 is 19.1 Å². The van der Waals surface area contributed by atoms with Crippen molar-refractivity contribution in [3.8, 4) is 5.75 Å². The Labute approximate surface area is 203 Å². The number of para-hydroxylation sites is 1. The van der Waals surface area contributed by atoms with Gasteiger partial charge in [-0.3, -0.25) is 14.5 Å². The van der Waals surface area contributed by atoms with Crippen LogP contribution >= 0.6 is 39.1 Å². The molecule has 3 aliphatic rings. The molecule has 1 N–H and O–H groups in total. The molecule has 1 aromatic carbocycles. The number of phenolic OH excluding ortho intramolecular Hbond substituents is 1. The summed E-state index contributed by atoms with van der Waals surface area (Å²) in [4.78, 5) is 48.9. The van der Waals surface area contributed by atoms with Gasteiger partial charge in [-0.05, 0) is 11.6 Å². The SMILES string of the molecule is Cn1c(=O)n2n(c1=O)[C@@H]1C[C@@]3(Cl)C(=O)N(CBr)C(=O)[C@@]3(Cl)[C@@H](c3cccc(F)c3O)C1=CC2. The van der Waals surface area contributed by atoms with Crippen LogP contribution in [0.25, 0.3) is 0 Å². The van der Waals surface area contributed by atoms with Gasteiger partial charge in [-0.25, -0.2) is 27.9 Å². The maximum absolute atomic E-state index is 14.4. The molecule has 174 valence electrons. The molecule has 2 amide bonds. The van der Waals surface area contributed by atoms with Crippen molar-refractivity contribution in [1.82, 2.24) is 18.8 Å². The number of carbonyl (C=O) groups is 2. The molecule has 3 heterocycles. The van der Waals surface area contributed by atoms with Crippen LogP contribution < -0.4 is 11.4 Å². The molecule has 2 aliphatic heterocycles. The maximum Gasteiger partial charge on any atom is 0.347 e. The fourth-order valence-electron chi connectivity index (χ4n) is 5.23. The first kappa shape index (κ1) is 22.4. The molecule has 1 saturated carbocycles. The van der Waals surface area contributed by atoms with Crippen LogP contribution in [0.15, 0.2) is 39.4 Å². The lowest BCUT2D eigenvalue weighted by Crippen LogP contribution is -2.59. The lowest BCUT2D eigenvalue weighted by Gasteiger charge is -2.49. The number of hydrogen-bond donors (Lipinski definition) is 1. The Morgan fingerprint density at radius 1 is 1.18 bits per heavy atom. The van der Waals surface area contributed by atoms with Gasteiger partial charge in [-0.1, -0.05) is 34.1 Å². The number of imide groups is 1. The first-order valence-corrected chi connectivity index (χ1v) is 11.7. The van der Waals surface area contributed by atoms with E-state index in [2.05, 4.69) is 15.9 Å². The van der Waals surface area contributed by atoms with Gasteiger partial charge in [0.1, 0.15) is 0 Å². The first-order chi connectivity index (χ1) is 15.5. The van der Waals surface area contributed by atoms with Crippen molar-refractivity contribution in [2.45, 2.75) is 34.7 Å². The Kier molecular flexibility index (Phi) is 4.80. The van der Waals surface area contributed by atoms with Crippen LogP contribution in [0.4, 0.5) is 4.39 Å². The van der Waals surface area contributed by atoms with Crippen LogP contribution in [0.2, 0.25) is 0 Å². The highest BCUT2D eigenvalue weighted by atomic mass is 79.9. The maximum atomic E-state index is 14.4. The summed E-state index contributed by atoms with van der Waals surface area (Å²) in [6.07, 6.45) is 1.34. The Hall–Kier alpha value is -2.37. The number of phenols is 1. The van der Waals surface area contributed by atoms with E-state index in [0.717, 1.165) is 15.5 Å². The summed E-state index contributed by atoms with van der Waals surface area (Å²) in [6, 6.07) is 2.82. The van der Waals surface area contributed by atoms with Gasteiger partial charge >= 0.3 is 11.4 Å². The number of fused-ring (bicyclic) bond motifs is 4. The van der Waals surface area contributed by atoms with Crippen LogP contribution in [0.3, 0.4) is 0 Å². The molecule has 9 nitrogen and oxygen atoms in total. The van der Waals surface area contributed by atoms with E-state index in [1.54, 1.807) is 6.08 Å². The molecule has 1 aliphatic carbocycles. The lowest BCUT2D eigenvalue weighted by atomic mass is 9.64. The normalized spacial score (nSPS) is 30.7. The molecule has 33 heavy (non-hydrogen) atoms. The van der Waals surface area contributed by atoms with Gasteiger partial charge in [0.2, 0.25) is 0 Å². The monoisotopic (exact) mass is 560 g/mol. The third-order valence-corrected chi connectivity index (χ3v) is 8.72. The second-order valence-corrected chi connectivity index (χ2v) is 10.00. The van der Waals surface area contributed by atoms with E-state index in [-0.39, 0.29) is 24.0 Å². The Balaban J connectivity index is 1.85. The van der Waals surface area contributed by atoms with E-state index >= 15 is 0 Å². The molecule has 4 atom stereocenters. The number of carbonyl (C=O) groups excluding carboxylic acids is 2. The molecule has 0 bridgehead atoms. The lowest BCUT2D eigenvalue weighted by molar-refractivity contribution is -0.138. The predicted octanol–water partition coefficient (Wildman–Crippen LogP) is 1.54. The van der Waals surface area contributed by atoms with Crippen molar-refractivity contribution >= 4 is 50.9 Å². The van der Waals surface area contributed by atoms with E-state index in [4.69, 9.17) is 23.2 Å². The number of rotatable bonds is 2. The molecule has 0 unspecified atom stereocenters. The molecule has 13 heteroatoms. The third-order valence-electron chi connectivity index (χ3n) is 6.80. The molecule has 2 aromatic rings. The number of nitrogens with zero attached hydrogens (tertiary/aromatic N) is 4. The molecule has 1 aromatic heterocycles. The van der Waals surface area contributed by atoms with Crippen LogP contribution in [-0.2, 0) is 23.2 Å². The third kappa shape index (κ3) is 2.53. The number of halogens is 4. The van der Waals surface area contributed by atoms with E-state index in [1.807, 2.05) is 0 Å². The highest BCUT2D eigenvalue weighted by Crippen LogP contribution is 2.64. The summed E-state index contributed by atoms with van der Waals surface area (Å²) in [5, 5.41) is 10.6. The fourth-order valence-corrected chi connectivity index (χ4v) is 6.63. The smallest absolute Gasteiger partial charge is 0.347 e. The zero-order chi connectivity index (χ0) is 24.0. The van der Waals surface area contributed by atoms with Crippen molar-refractivity contribution in [2.75, 3.05) is 5.45 Å². The average Bonchev–Trinajstić information content (AvgIpc) is 3.09. The molecule has 0 spiro atoms. The molecule has 1 saturated heterocycles. The zero-order valence-electron chi connectivity index (χ0n) is 17.0. The number of alkyl halides is 3. The summed E-state index contributed by atoms with van der Waals surface area (Å²) in [5.74, 6) is -4.55. The number of aromatic nitrogens is 3. The van der Waals surface area contributed by atoms with Crippen LogP contribution in [0.1, 0.15) is 23.9 Å². The minimum atomic E-state index is -2.12. The second kappa shape index (κ2) is 7.07. The van der Waals surface area contributed by atoms with Crippen molar-refractivity contribution in [2.24, 2.45) is 7.05 Å². The van der Waals surface area contributed by atoms with Gasteiger partial charge in [0, 0.05) is 24.9 Å². The van der Waals surface area contributed by atoms with Crippen molar-refractivity contribution in [3.63, 3.8) is 0 Å². The number of aromatic hydroxyl groups is 1. The highest BCUT2D eigenvalue weighted by Gasteiger charge is 2.75. The number of allylic oxidation sites excluding steroid dienone is 2. The zero-order valence-corrected chi connectivity index (χ0v) is 20.1. The molecular weight excluding hydrogens is 546 g/mol. The number of benzene rings is 1. The topological polar surface area (TPSA) is 107 Å². The van der Waals surface area contributed by atoms with Crippen LogP contribution in [-0.4, -0.2) is 51.0 Å². The highest BCUT2D eigenvalue weighted by molar-refractivity contribution is 9.09. The van der Waals surface area contributed by atoms with E-state index in [9.17, 15) is 28.7 Å². The summed E-state index contributed by atoms with van der Waals surface area (Å²) in [7, 11) is 1.32. The predicted molar refractivity (Wildman–Crippen MR) is 119 cm³/mol. The minimum absolute atomic E-state index is 0.0279. The summed E-state index contributed by atoms with van der Waals surface area (Å²) >= 11 is 17.0. The standard InChI is InChI=1S/C20H16BrCl2FN4O5/c1-25-17(32)27-6-5-9-12(28(27)18(25)33)7-19(22)15(30)26(8-21)16(31)20(19,23)13(9)10-3-2-4-11(24)14(10)29/h2-5,12-13,29H,6-8H2,1H3/t12-,13-,19-,20+/m1/s1. The van der Waals surface area contributed by atoms with Gasteiger partial charge in [-0.2, -0.15) is 0 Å². The number of amides is 2. The minimum Gasteiger partial charge on any atom is -0.505 e. The van der Waals surface area contributed by atoms with Gasteiger partial charge in [0.25, 0.3) is 11.8 Å². The average molecular weight is 562 g/mol. The van der Waals surface area contributed by atoms with Crippen LogP contribution in [0, 0.1) is 5.82 Å². The van der Waals surface area contributed by atoms with Gasteiger partial charge in [-0.15, -0.1) is 23.2 Å². The molecule has 2 fully saturated rings. The fraction of sp³-hybridized carbons (Fsp3) is 0.400. The Morgan fingerprint density at radius 2 is 1.88 bits per heavy atom. The summed E-state index contributed by atoms with van der Waals surface area (Å²) < 4.78 is 17.7. The van der Waals surface area contributed by atoms with Crippen LogP contribution in [0.5, 0.6) is 5.75 Å². The quantitative estimate of drug-likeness (QED) is 0.259. The van der Waals surface area contributed by atoms with E-state index < -0.39 is 56.5 Å². The molecular formula is C20H16BrCl2FN4O5. The molecule has 0 radical (unpaired) electrons. The molecule has 5 rings (SSSR count). The van der Waals surface area contributed by atoms with Gasteiger partial charge in [0.05, 0.1) is 18.0 Å². The summed E-state index contributed by atoms with van der Waals surface area (Å²) in [6.45, 7) is -0.0279. The second-order valence-electron chi connectivity index (χ2n) is 8.26. The first-order valence-electron chi connectivity index (χ1n) is 9.86.